The van der Waals surface area contributed by atoms with Crippen LogP contribution in [0.2, 0.25) is 0 Å². The molecule has 4 heteroatoms. The highest BCUT2D eigenvalue weighted by Gasteiger charge is 2.54. The van der Waals surface area contributed by atoms with E-state index in [-0.39, 0.29) is 24.2 Å². The number of nitrogens with zero attached hydrogens (tertiary/aromatic N) is 1. The van der Waals surface area contributed by atoms with Gasteiger partial charge in [0, 0.05) is 19.1 Å². The number of ether oxygens (including phenoxy) is 1. The molecule has 2 rings (SSSR count). The van der Waals surface area contributed by atoms with Crippen LogP contribution in [0.3, 0.4) is 0 Å². The molecule has 1 heterocycles. The van der Waals surface area contributed by atoms with Crippen molar-refractivity contribution in [1.82, 2.24) is 4.90 Å². The van der Waals surface area contributed by atoms with Gasteiger partial charge in [0.05, 0.1) is 5.54 Å². The molecule has 98 valence electrons. The molecule has 1 spiro atoms. The van der Waals surface area contributed by atoms with E-state index in [0.29, 0.717) is 0 Å². The van der Waals surface area contributed by atoms with Crippen molar-refractivity contribution in [1.29, 1.82) is 0 Å². The van der Waals surface area contributed by atoms with E-state index in [4.69, 9.17) is 4.74 Å². The van der Waals surface area contributed by atoms with Crippen molar-refractivity contribution in [2.24, 2.45) is 5.92 Å². The molecule has 1 unspecified atom stereocenters. The molecule has 1 atom stereocenters. The molecule has 2 fully saturated rings. The summed E-state index contributed by atoms with van der Waals surface area (Å²) in [6.07, 6.45) is 3.86. The molecule has 1 N–H and O–H groups in total. The summed E-state index contributed by atoms with van der Waals surface area (Å²) in [5, 5.41) is 9.42. The van der Waals surface area contributed by atoms with Crippen molar-refractivity contribution in [3.8, 4) is 0 Å². The fourth-order valence-corrected chi connectivity index (χ4v) is 3.07. The molecule has 1 aliphatic heterocycles. The first-order chi connectivity index (χ1) is 7.89. The lowest BCUT2D eigenvalue weighted by Crippen LogP contribution is -2.57. The lowest BCUT2D eigenvalue weighted by atomic mass is 9.69. The minimum atomic E-state index is -0.445. The van der Waals surface area contributed by atoms with Crippen molar-refractivity contribution in [2.75, 3.05) is 13.2 Å². The molecule has 0 bridgehead atoms. The van der Waals surface area contributed by atoms with E-state index in [0.717, 1.165) is 32.2 Å². The Hall–Kier alpha value is -0.770. The standard InChI is InChI=1S/C13H23NO3/c1-12(2,3)17-11(16)14-8-5-10(9-15)13(14)6-4-7-13/h10,15H,4-9H2,1-3H3. The van der Waals surface area contributed by atoms with Crippen LogP contribution < -0.4 is 0 Å². The van der Waals surface area contributed by atoms with Crippen molar-refractivity contribution in [3.63, 3.8) is 0 Å². The molecule has 1 saturated carbocycles. The maximum absolute atomic E-state index is 12.2. The number of carbonyl (C=O) groups is 1. The van der Waals surface area contributed by atoms with Crippen LogP contribution in [-0.4, -0.2) is 40.4 Å². The molecule has 0 aromatic carbocycles. The highest BCUT2D eigenvalue weighted by Crippen LogP contribution is 2.49. The maximum atomic E-state index is 12.2. The normalized spacial score (nSPS) is 27.1. The van der Waals surface area contributed by atoms with Gasteiger partial charge in [-0.15, -0.1) is 0 Å². The Bertz CT molecular complexity index is 304. The summed E-state index contributed by atoms with van der Waals surface area (Å²) in [6, 6.07) is 0. The smallest absolute Gasteiger partial charge is 0.410 e. The summed E-state index contributed by atoms with van der Waals surface area (Å²) in [5.41, 5.74) is -0.545. The van der Waals surface area contributed by atoms with Crippen LogP contribution in [0.1, 0.15) is 46.5 Å². The van der Waals surface area contributed by atoms with Crippen molar-refractivity contribution in [3.05, 3.63) is 0 Å². The summed E-state index contributed by atoms with van der Waals surface area (Å²) < 4.78 is 5.45. The highest BCUT2D eigenvalue weighted by molar-refractivity contribution is 5.70. The molecule has 1 saturated heterocycles. The van der Waals surface area contributed by atoms with Gasteiger partial charge >= 0.3 is 6.09 Å². The predicted octanol–water partition coefficient (Wildman–Crippen LogP) is 2.16. The van der Waals surface area contributed by atoms with E-state index >= 15 is 0 Å². The molecular weight excluding hydrogens is 218 g/mol. The largest absolute Gasteiger partial charge is 0.444 e. The fourth-order valence-electron chi connectivity index (χ4n) is 3.07. The quantitative estimate of drug-likeness (QED) is 0.765. The second kappa shape index (κ2) is 4.16. The van der Waals surface area contributed by atoms with Gasteiger partial charge in [-0.05, 0) is 46.5 Å². The van der Waals surface area contributed by atoms with Gasteiger partial charge in [-0.2, -0.15) is 0 Å². The molecular formula is C13H23NO3. The van der Waals surface area contributed by atoms with Gasteiger partial charge in [0.1, 0.15) is 5.60 Å². The molecule has 0 aromatic rings. The minimum absolute atomic E-state index is 0.100. The van der Waals surface area contributed by atoms with Crippen LogP contribution in [0, 0.1) is 5.92 Å². The summed E-state index contributed by atoms with van der Waals surface area (Å²) in [7, 11) is 0. The van der Waals surface area contributed by atoms with Crippen LogP contribution in [0.15, 0.2) is 0 Å². The van der Waals surface area contributed by atoms with Gasteiger partial charge in [-0.1, -0.05) is 0 Å². The highest BCUT2D eigenvalue weighted by atomic mass is 16.6. The summed E-state index contributed by atoms with van der Waals surface area (Å²) >= 11 is 0. The number of aliphatic hydroxyl groups is 1. The number of amides is 1. The van der Waals surface area contributed by atoms with Gasteiger partial charge in [-0.25, -0.2) is 4.79 Å². The van der Waals surface area contributed by atoms with Gasteiger partial charge in [0.2, 0.25) is 0 Å². The van der Waals surface area contributed by atoms with Crippen molar-refractivity contribution >= 4 is 6.09 Å². The van der Waals surface area contributed by atoms with E-state index in [2.05, 4.69) is 0 Å². The Morgan fingerprint density at radius 3 is 2.53 bits per heavy atom. The lowest BCUT2D eigenvalue weighted by molar-refractivity contribution is -0.0290. The van der Waals surface area contributed by atoms with Crippen LogP contribution in [0.25, 0.3) is 0 Å². The number of aliphatic hydroxyl groups excluding tert-OH is 1. The maximum Gasteiger partial charge on any atom is 0.410 e. The second-order valence-electron chi connectivity index (χ2n) is 6.26. The number of hydrogen-bond acceptors (Lipinski definition) is 3. The zero-order chi connectivity index (χ0) is 12.7. The van der Waals surface area contributed by atoms with Gasteiger partial charge in [0.25, 0.3) is 0 Å². The number of rotatable bonds is 1. The van der Waals surface area contributed by atoms with Crippen LogP contribution in [0.5, 0.6) is 0 Å². The van der Waals surface area contributed by atoms with Gasteiger partial charge in [0.15, 0.2) is 0 Å². The Morgan fingerprint density at radius 2 is 2.12 bits per heavy atom. The first-order valence-electron chi connectivity index (χ1n) is 6.50. The van der Waals surface area contributed by atoms with Gasteiger partial charge < -0.3 is 14.7 Å². The third-order valence-corrected chi connectivity index (χ3v) is 4.05. The first-order valence-corrected chi connectivity index (χ1v) is 6.50. The summed E-state index contributed by atoms with van der Waals surface area (Å²) in [5.74, 6) is 0.240. The van der Waals surface area contributed by atoms with E-state index in [1.54, 1.807) is 0 Å². The topological polar surface area (TPSA) is 49.8 Å². The van der Waals surface area contributed by atoms with Crippen molar-refractivity contribution < 1.29 is 14.6 Å². The predicted molar refractivity (Wildman–Crippen MR) is 64.7 cm³/mol. The van der Waals surface area contributed by atoms with Crippen LogP contribution in [-0.2, 0) is 4.74 Å². The molecule has 1 amide bonds. The number of hydrogen-bond donors (Lipinski definition) is 1. The third kappa shape index (κ3) is 2.15. The number of likely N-dealkylation sites (tertiary alicyclic amines) is 1. The average Bonchev–Trinajstić information content (AvgIpc) is 2.52. The zero-order valence-corrected chi connectivity index (χ0v) is 11.0. The molecule has 4 nitrogen and oxygen atoms in total. The Labute approximate surface area is 103 Å². The number of carbonyl (C=O) groups excluding carboxylic acids is 1. The van der Waals surface area contributed by atoms with E-state index < -0.39 is 5.60 Å². The van der Waals surface area contributed by atoms with Crippen molar-refractivity contribution in [2.45, 2.75) is 57.6 Å². The monoisotopic (exact) mass is 241 g/mol. The Morgan fingerprint density at radius 1 is 1.47 bits per heavy atom. The molecule has 1 aliphatic carbocycles. The summed E-state index contributed by atoms with van der Waals surface area (Å²) in [4.78, 5) is 14.0. The van der Waals surface area contributed by atoms with Crippen LogP contribution in [0.4, 0.5) is 4.79 Å². The SMILES string of the molecule is CC(C)(C)OC(=O)N1CCC(CO)C12CCC2. The van der Waals surface area contributed by atoms with Gasteiger partial charge in [-0.3, -0.25) is 0 Å². The van der Waals surface area contributed by atoms with Crippen LogP contribution >= 0.6 is 0 Å². The summed E-state index contributed by atoms with van der Waals surface area (Å²) in [6.45, 7) is 6.56. The Balaban J connectivity index is 2.08. The molecule has 0 radical (unpaired) electrons. The zero-order valence-electron chi connectivity index (χ0n) is 11.0. The third-order valence-electron chi connectivity index (χ3n) is 4.05. The fraction of sp³-hybridized carbons (Fsp3) is 0.923. The first kappa shape index (κ1) is 12.7. The molecule has 17 heavy (non-hydrogen) atoms. The van der Waals surface area contributed by atoms with E-state index in [1.807, 2.05) is 25.7 Å². The Kier molecular flexibility index (Phi) is 3.10. The van der Waals surface area contributed by atoms with E-state index in [9.17, 15) is 9.90 Å². The minimum Gasteiger partial charge on any atom is -0.444 e. The van der Waals surface area contributed by atoms with E-state index in [1.165, 1.54) is 0 Å². The second-order valence-corrected chi connectivity index (χ2v) is 6.26. The molecule has 2 aliphatic rings. The average molecular weight is 241 g/mol. The lowest BCUT2D eigenvalue weighted by Gasteiger charge is -2.48. The molecule has 0 aromatic heterocycles.